The molecule has 0 spiro atoms. The zero-order valence-corrected chi connectivity index (χ0v) is 14.6. The van der Waals surface area contributed by atoms with E-state index in [0.717, 1.165) is 11.1 Å². The number of anilines is 1. The first-order chi connectivity index (χ1) is 12.4. The van der Waals surface area contributed by atoms with Gasteiger partial charge in [-0.25, -0.2) is 4.79 Å². The van der Waals surface area contributed by atoms with E-state index in [2.05, 4.69) is 5.32 Å². The number of carbonyl (C=O) groups is 3. The number of rotatable bonds is 7. The van der Waals surface area contributed by atoms with E-state index < -0.39 is 24.4 Å². The first kappa shape index (κ1) is 19.0. The van der Waals surface area contributed by atoms with Crippen LogP contribution in [0.1, 0.15) is 21.5 Å². The van der Waals surface area contributed by atoms with Crippen molar-refractivity contribution in [1.82, 2.24) is 0 Å². The third-order valence-electron chi connectivity index (χ3n) is 3.55. The number of nitrogens with two attached hydrogens (primary N) is 1. The molecule has 0 aliphatic carbocycles. The van der Waals surface area contributed by atoms with Crippen molar-refractivity contribution in [2.24, 2.45) is 5.73 Å². The lowest BCUT2D eigenvalue weighted by molar-refractivity contribution is -0.120. The molecule has 2 aromatic carbocycles. The standard InChI is InChI=1S/C19H20N2O5/c1-12-4-3-5-13(2)18(12)21-17(23)11-26-19(24)14-6-8-15(9-7-14)25-10-16(20)22/h3-9H,10-11H2,1-2H3,(H2,20,22)(H,21,23). The van der Waals surface area contributed by atoms with Gasteiger partial charge in [-0.15, -0.1) is 0 Å². The minimum Gasteiger partial charge on any atom is -0.484 e. The number of hydrogen-bond acceptors (Lipinski definition) is 5. The lowest BCUT2D eigenvalue weighted by atomic mass is 10.1. The van der Waals surface area contributed by atoms with E-state index in [0.29, 0.717) is 11.4 Å². The highest BCUT2D eigenvalue weighted by molar-refractivity contribution is 5.96. The van der Waals surface area contributed by atoms with E-state index in [1.807, 2.05) is 32.0 Å². The van der Waals surface area contributed by atoms with E-state index in [1.54, 1.807) is 0 Å². The van der Waals surface area contributed by atoms with E-state index in [-0.39, 0.29) is 12.2 Å². The lowest BCUT2D eigenvalue weighted by Gasteiger charge is -2.11. The van der Waals surface area contributed by atoms with Gasteiger partial charge >= 0.3 is 5.97 Å². The normalized spacial score (nSPS) is 10.1. The van der Waals surface area contributed by atoms with E-state index in [1.165, 1.54) is 24.3 Å². The summed E-state index contributed by atoms with van der Waals surface area (Å²) in [5.41, 5.74) is 7.81. The van der Waals surface area contributed by atoms with Gasteiger partial charge in [-0.05, 0) is 49.2 Å². The summed E-state index contributed by atoms with van der Waals surface area (Å²) in [6.07, 6.45) is 0. The second-order valence-corrected chi connectivity index (χ2v) is 5.67. The third kappa shape index (κ3) is 5.34. The second-order valence-electron chi connectivity index (χ2n) is 5.67. The van der Waals surface area contributed by atoms with Crippen molar-refractivity contribution < 1.29 is 23.9 Å². The second kappa shape index (κ2) is 8.66. The molecule has 26 heavy (non-hydrogen) atoms. The Morgan fingerprint density at radius 3 is 2.15 bits per heavy atom. The summed E-state index contributed by atoms with van der Waals surface area (Å²) < 4.78 is 10.1. The first-order valence-electron chi connectivity index (χ1n) is 7.91. The molecule has 0 aliphatic heterocycles. The van der Waals surface area contributed by atoms with Crippen molar-refractivity contribution in [2.75, 3.05) is 18.5 Å². The Bertz CT molecular complexity index is 795. The van der Waals surface area contributed by atoms with Crippen LogP contribution < -0.4 is 15.8 Å². The summed E-state index contributed by atoms with van der Waals surface area (Å²) in [4.78, 5) is 34.7. The van der Waals surface area contributed by atoms with Gasteiger partial charge in [-0.1, -0.05) is 18.2 Å². The topological polar surface area (TPSA) is 108 Å². The van der Waals surface area contributed by atoms with Crippen LogP contribution in [-0.4, -0.2) is 31.0 Å². The molecule has 2 aromatic rings. The molecule has 0 bridgehead atoms. The fraction of sp³-hybridized carbons (Fsp3) is 0.211. The first-order valence-corrected chi connectivity index (χ1v) is 7.91. The zero-order valence-electron chi connectivity index (χ0n) is 14.6. The van der Waals surface area contributed by atoms with E-state index in [9.17, 15) is 14.4 Å². The maximum atomic E-state index is 12.0. The lowest BCUT2D eigenvalue weighted by Crippen LogP contribution is -2.22. The molecule has 3 N–H and O–H groups in total. The summed E-state index contributed by atoms with van der Waals surface area (Å²) >= 11 is 0. The molecule has 0 atom stereocenters. The van der Waals surface area contributed by atoms with Crippen molar-refractivity contribution in [3.05, 3.63) is 59.2 Å². The minimum absolute atomic E-state index is 0.248. The number of primary amides is 1. The van der Waals surface area contributed by atoms with Crippen LogP contribution >= 0.6 is 0 Å². The predicted molar refractivity (Wildman–Crippen MR) is 96.0 cm³/mol. The van der Waals surface area contributed by atoms with Crippen LogP contribution in [0.25, 0.3) is 0 Å². The van der Waals surface area contributed by atoms with Crippen molar-refractivity contribution in [1.29, 1.82) is 0 Å². The Morgan fingerprint density at radius 2 is 1.58 bits per heavy atom. The van der Waals surface area contributed by atoms with Crippen LogP contribution in [0.3, 0.4) is 0 Å². The van der Waals surface area contributed by atoms with Gasteiger partial charge in [0.05, 0.1) is 5.56 Å². The van der Waals surface area contributed by atoms with Gasteiger partial charge in [0.2, 0.25) is 0 Å². The number of ether oxygens (including phenoxy) is 2. The monoisotopic (exact) mass is 356 g/mol. The van der Waals surface area contributed by atoms with Crippen LogP contribution in [0.4, 0.5) is 5.69 Å². The molecule has 0 aliphatic rings. The number of nitrogens with one attached hydrogen (secondary N) is 1. The number of aryl methyl sites for hydroxylation is 2. The fourth-order valence-electron chi connectivity index (χ4n) is 2.24. The summed E-state index contributed by atoms with van der Waals surface area (Å²) in [5, 5.41) is 2.74. The van der Waals surface area contributed by atoms with Crippen LogP contribution in [0, 0.1) is 13.8 Å². The number of para-hydroxylation sites is 1. The molecule has 2 amide bonds. The molecule has 0 saturated carbocycles. The van der Waals surface area contributed by atoms with Crippen LogP contribution in [0.2, 0.25) is 0 Å². The van der Waals surface area contributed by atoms with Crippen molar-refractivity contribution >= 4 is 23.5 Å². The summed E-state index contributed by atoms with van der Waals surface area (Å²) in [5.74, 6) is -1.25. The quantitative estimate of drug-likeness (QED) is 0.738. The highest BCUT2D eigenvalue weighted by Gasteiger charge is 2.12. The SMILES string of the molecule is Cc1cccc(C)c1NC(=O)COC(=O)c1ccc(OCC(N)=O)cc1. The molecule has 0 fully saturated rings. The third-order valence-corrected chi connectivity index (χ3v) is 3.55. The maximum absolute atomic E-state index is 12.0. The summed E-state index contributed by atoms with van der Waals surface area (Å²) in [6, 6.07) is 11.6. The largest absolute Gasteiger partial charge is 0.484 e. The van der Waals surface area contributed by atoms with Gasteiger partial charge in [0.25, 0.3) is 11.8 Å². The molecule has 0 radical (unpaired) electrons. The van der Waals surface area contributed by atoms with Crippen LogP contribution in [-0.2, 0) is 14.3 Å². The molecule has 2 rings (SSSR count). The zero-order chi connectivity index (χ0) is 19.1. The van der Waals surface area contributed by atoms with Gasteiger partial charge in [0.1, 0.15) is 5.75 Å². The van der Waals surface area contributed by atoms with E-state index in [4.69, 9.17) is 15.2 Å². The smallest absolute Gasteiger partial charge is 0.338 e. The molecule has 0 heterocycles. The molecule has 7 nitrogen and oxygen atoms in total. The summed E-state index contributed by atoms with van der Waals surface area (Å²) in [6.45, 7) is 3.13. The number of esters is 1. The Labute approximate surface area is 151 Å². The molecule has 0 aromatic heterocycles. The number of hydrogen-bond donors (Lipinski definition) is 2. The highest BCUT2D eigenvalue weighted by atomic mass is 16.5. The fourth-order valence-corrected chi connectivity index (χ4v) is 2.24. The van der Waals surface area contributed by atoms with Gasteiger partial charge < -0.3 is 20.5 Å². The minimum atomic E-state index is -0.636. The Morgan fingerprint density at radius 1 is 0.962 bits per heavy atom. The molecule has 0 unspecified atom stereocenters. The van der Waals surface area contributed by atoms with Gasteiger partial charge in [-0.2, -0.15) is 0 Å². The van der Waals surface area contributed by atoms with Crippen molar-refractivity contribution in [3.63, 3.8) is 0 Å². The average molecular weight is 356 g/mol. The van der Waals surface area contributed by atoms with Crippen molar-refractivity contribution in [3.8, 4) is 5.75 Å². The summed E-state index contributed by atoms with van der Waals surface area (Å²) in [7, 11) is 0. The van der Waals surface area contributed by atoms with Gasteiger partial charge in [0.15, 0.2) is 13.2 Å². The Kier molecular flexibility index (Phi) is 6.32. The van der Waals surface area contributed by atoms with E-state index >= 15 is 0 Å². The van der Waals surface area contributed by atoms with Crippen LogP contribution in [0.5, 0.6) is 5.75 Å². The molecular weight excluding hydrogens is 336 g/mol. The Hall–Kier alpha value is -3.35. The van der Waals surface area contributed by atoms with Gasteiger partial charge in [0, 0.05) is 5.69 Å². The molecule has 7 heteroatoms. The van der Waals surface area contributed by atoms with Gasteiger partial charge in [-0.3, -0.25) is 9.59 Å². The van der Waals surface area contributed by atoms with Crippen LogP contribution in [0.15, 0.2) is 42.5 Å². The van der Waals surface area contributed by atoms with Crippen molar-refractivity contribution in [2.45, 2.75) is 13.8 Å². The number of benzene rings is 2. The number of amides is 2. The molecule has 0 saturated heterocycles. The highest BCUT2D eigenvalue weighted by Crippen LogP contribution is 2.19. The maximum Gasteiger partial charge on any atom is 0.338 e. The predicted octanol–water partition coefficient (Wildman–Crippen LogP) is 1.96. The number of carbonyl (C=O) groups excluding carboxylic acids is 3. The average Bonchev–Trinajstić information content (AvgIpc) is 2.61. The molecule has 136 valence electrons. The molecular formula is C19H20N2O5. The Balaban J connectivity index is 1.87.